The van der Waals surface area contributed by atoms with Crippen LogP contribution in [-0.4, -0.2) is 67.5 Å². The minimum absolute atomic E-state index is 0.0342. The van der Waals surface area contributed by atoms with Gasteiger partial charge in [0.05, 0.1) is 0 Å². The van der Waals surface area contributed by atoms with Crippen molar-refractivity contribution in [3.63, 3.8) is 0 Å². The van der Waals surface area contributed by atoms with Crippen molar-refractivity contribution in [2.24, 2.45) is 0 Å². The van der Waals surface area contributed by atoms with E-state index < -0.39 is 12.1 Å². The van der Waals surface area contributed by atoms with Gasteiger partial charge in [0, 0.05) is 18.6 Å². The molecule has 0 saturated heterocycles. The standard InChI is InChI=1S/C30H41FN4O4/c1-5-10-26(35(4)27(36)20-32-29(38)39-21-22-11-7-6-8-12-22)28(37)33-25-15-17-30(18-16-25,34(2)3)23-13-9-14-24(31)19-23/h6-9,11-14,19,25-26H,5,10,15-18,20-21H2,1-4H3,(H,32,38)(H,33,37). The smallest absolute Gasteiger partial charge is 0.407 e. The number of halogens is 1. The average molecular weight is 541 g/mol. The summed E-state index contributed by atoms with van der Waals surface area (Å²) in [5.74, 6) is -0.827. The molecule has 9 heteroatoms. The van der Waals surface area contributed by atoms with Crippen LogP contribution in [0.1, 0.15) is 56.6 Å². The van der Waals surface area contributed by atoms with Gasteiger partial charge in [-0.05, 0) is 69.5 Å². The molecular formula is C30H41FN4O4. The summed E-state index contributed by atoms with van der Waals surface area (Å²) in [7, 11) is 5.60. The van der Waals surface area contributed by atoms with E-state index in [4.69, 9.17) is 4.74 Å². The van der Waals surface area contributed by atoms with Crippen LogP contribution >= 0.6 is 0 Å². The quantitative estimate of drug-likeness (QED) is 0.446. The van der Waals surface area contributed by atoms with Crippen molar-refractivity contribution < 1.29 is 23.5 Å². The number of hydrogen-bond acceptors (Lipinski definition) is 5. The highest BCUT2D eigenvalue weighted by Gasteiger charge is 2.40. The Hall–Kier alpha value is -3.46. The molecule has 1 fully saturated rings. The van der Waals surface area contributed by atoms with Crippen LogP contribution in [0.25, 0.3) is 0 Å². The lowest BCUT2D eigenvalue weighted by atomic mass is 9.74. The van der Waals surface area contributed by atoms with Crippen molar-refractivity contribution in [2.75, 3.05) is 27.7 Å². The molecule has 0 aliphatic heterocycles. The lowest BCUT2D eigenvalue weighted by molar-refractivity contribution is -0.139. The lowest BCUT2D eigenvalue weighted by Crippen LogP contribution is -2.54. The van der Waals surface area contributed by atoms with E-state index >= 15 is 0 Å². The van der Waals surface area contributed by atoms with Gasteiger partial charge in [-0.3, -0.25) is 14.5 Å². The number of amides is 3. The van der Waals surface area contributed by atoms with E-state index in [9.17, 15) is 18.8 Å². The second kappa shape index (κ2) is 14.1. The fourth-order valence-electron chi connectivity index (χ4n) is 5.30. The molecule has 0 aromatic heterocycles. The molecule has 39 heavy (non-hydrogen) atoms. The van der Waals surface area contributed by atoms with Crippen molar-refractivity contribution in [3.05, 3.63) is 71.5 Å². The number of ether oxygens (including phenoxy) is 1. The molecule has 2 aromatic carbocycles. The Bertz CT molecular complexity index is 1100. The van der Waals surface area contributed by atoms with Gasteiger partial charge in [-0.1, -0.05) is 55.8 Å². The minimum Gasteiger partial charge on any atom is -0.445 e. The molecule has 2 N–H and O–H groups in total. The predicted molar refractivity (Wildman–Crippen MR) is 148 cm³/mol. The van der Waals surface area contributed by atoms with E-state index in [-0.39, 0.29) is 42.4 Å². The predicted octanol–water partition coefficient (Wildman–Crippen LogP) is 4.19. The normalized spacial score (nSPS) is 19.7. The molecule has 8 nitrogen and oxygen atoms in total. The number of hydrogen-bond donors (Lipinski definition) is 2. The first-order chi connectivity index (χ1) is 18.7. The number of nitrogens with zero attached hydrogens (tertiary/aromatic N) is 2. The number of likely N-dealkylation sites (N-methyl/N-ethyl adjacent to an activating group) is 1. The van der Waals surface area contributed by atoms with E-state index in [0.29, 0.717) is 6.42 Å². The summed E-state index contributed by atoms with van der Waals surface area (Å²) in [4.78, 5) is 41.7. The molecule has 1 aliphatic carbocycles. The van der Waals surface area contributed by atoms with Gasteiger partial charge >= 0.3 is 6.09 Å². The molecule has 2 aromatic rings. The zero-order chi connectivity index (χ0) is 28.4. The largest absolute Gasteiger partial charge is 0.445 e. The molecule has 3 rings (SSSR count). The highest BCUT2D eigenvalue weighted by atomic mass is 19.1. The maximum Gasteiger partial charge on any atom is 0.407 e. The number of carbonyl (C=O) groups is 3. The third kappa shape index (κ3) is 8.02. The first-order valence-electron chi connectivity index (χ1n) is 13.6. The number of alkyl carbamates (subject to hydrolysis) is 1. The fourth-order valence-corrected chi connectivity index (χ4v) is 5.30. The monoisotopic (exact) mass is 540 g/mol. The molecule has 1 atom stereocenters. The first-order valence-corrected chi connectivity index (χ1v) is 13.6. The van der Waals surface area contributed by atoms with Gasteiger partial charge in [0.2, 0.25) is 11.8 Å². The van der Waals surface area contributed by atoms with Crippen molar-refractivity contribution in [3.8, 4) is 0 Å². The third-order valence-electron chi connectivity index (χ3n) is 7.70. The van der Waals surface area contributed by atoms with Crippen molar-refractivity contribution in [1.82, 2.24) is 20.4 Å². The van der Waals surface area contributed by atoms with E-state index in [2.05, 4.69) is 15.5 Å². The van der Waals surface area contributed by atoms with E-state index in [1.165, 1.54) is 11.0 Å². The molecule has 1 saturated carbocycles. The Labute approximate surface area is 230 Å². The molecule has 0 radical (unpaired) electrons. The van der Waals surface area contributed by atoms with Gasteiger partial charge in [0.15, 0.2) is 0 Å². The Morgan fingerprint density at radius 3 is 2.36 bits per heavy atom. The van der Waals surface area contributed by atoms with Gasteiger partial charge in [0.25, 0.3) is 0 Å². The summed E-state index contributed by atoms with van der Waals surface area (Å²) in [5.41, 5.74) is 1.50. The maximum atomic E-state index is 14.0. The summed E-state index contributed by atoms with van der Waals surface area (Å²) in [6.07, 6.45) is 3.56. The van der Waals surface area contributed by atoms with Crippen LogP contribution in [0, 0.1) is 5.82 Å². The molecule has 0 heterocycles. The lowest BCUT2D eigenvalue weighted by Gasteiger charge is -2.46. The highest BCUT2D eigenvalue weighted by molar-refractivity contribution is 5.89. The summed E-state index contributed by atoms with van der Waals surface area (Å²) in [5, 5.41) is 5.62. The zero-order valence-corrected chi connectivity index (χ0v) is 23.4. The van der Waals surface area contributed by atoms with Gasteiger partial charge in [0.1, 0.15) is 25.0 Å². The molecule has 3 amide bonds. The molecule has 1 aliphatic rings. The summed E-state index contributed by atoms with van der Waals surface area (Å²) in [6, 6.07) is 15.3. The van der Waals surface area contributed by atoms with Crippen molar-refractivity contribution >= 4 is 17.9 Å². The molecule has 1 unspecified atom stereocenters. The topological polar surface area (TPSA) is 91.0 Å². The van der Waals surface area contributed by atoms with Gasteiger partial charge in [-0.25, -0.2) is 9.18 Å². The van der Waals surface area contributed by atoms with E-state index in [1.807, 2.05) is 57.4 Å². The third-order valence-corrected chi connectivity index (χ3v) is 7.70. The summed E-state index contributed by atoms with van der Waals surface area (Å²) >= 11 is 0. The number of benzene rings is 2. The second-order valence-corrected chi connectivity index (χ2v) is 10.4. The van der Waals surface area contributed by atoms with Crippen LogP contribution in [0.2, 0.25) is 0 Å². The Kier molecular flexibility index (Phi) is 10.9. The Morgan fingerprint density at radius 2 is 1.74 bits per heavy atom. The first kappa shape index (κ1) is 30.1. The zero-order valence-electron chi connectivity index (χ0n) is 23.4. The summed E-state index contributed by atoms with van der Waals surface area (Å²) < 4.78 is 19.1. The van der Waals surface area contributed by atoms with Crippen LogP contribution in [0.3, 0.4) is 0 Å². The van der Waals surface area contributed by atoms with Crippen LogP contribution < -0.4 is 10.6 Å². The minimum atomic E-state index is -0.693. The molecule has 212 valence electrons. The van der Waals surface area contributed by atoms with E-state index in [1.54, 1.807) is 19.2 Å². The molecular weight excluding hydrogens is 499 g/mol. The van der Waals surface area contributed by atoms with Crippen molar-refractivity contribution in [2.45, 2.75) is 69.7 Å². The van der Waals surface area contributed by atoms with E-state index in [0.717, 1.165) is 43.2 Å². The molecule has 0 spiro atoms. The molecule has 0 bridgehead atoms. The Morgan fingerprint density at radius 1 is 1.05 bits per heavy atom. The SMILES string of the molecule is CCCC(C(=O)NC1CCC(c2cccc(F)c2)(N(C)C)CC1)N(C)C(=O)CNC(=O)OCc1ccccc1. The number of carbonyl (C=O) groups excluding carboxylic acids is 3. The summed E-state index contributed by atoms with van der Waals surface area (Å²) in [6.45, 7) is 1.80. The average Bonchev–Trinajstić information content (AvgIpc) is 2.94. The van der Waals surface area contributed by atoms with Crippen LogP contribution in [0.15, 0.2) is 54.6 Å². The number of nitrogens with one attached hydrogen (secondary N) is 2. The fraction of sp³-hybridized carbons (Fsp3) is 0.500. The van der Waals surface area contributed by atoms with Crippen molar-refractivity contribution in [1.29, 1.82) is 0 Å². The Balaban J connectivity index is 1.52. The second-order valence-electron chi connectivity index (χ2n) is 10.4. The van der Waals surface area contributed by atoms with Gasteiger partial charge in [-0.15, -0.1) is 0 Å². The van der Waals surface area contributed by atoms with Crippen LogP contribution in [0.4, 0.5) is 9.18 Å². The van der Waals surface area contributed by atoms with Crippen LogP contribution in [0.5, 0.6) is 0 Å². The highest BCUT2D eigenvalue weighted by Crippen LogP contribution is 2.41. The van der Waals surface area contributed by atoms with Gasteiger partial charge < -0.3 is 20.3 Å². The maximum absolute atomic E-state index is 14.0. The number of rotatable bonds is 11. The van der Waals surface area contributed by atoms with Crippen LogP contribution in [-0.2, 0) is 26.5 Å². The van der Waals surface area contributed by atoms with Gasteiger partial charge in [-0.2, -0.15) is 0 Å².